The van der Waals surface area contributed by atoms with Gasteiger partial charge in [0.25, 0.3) is 0 Å². The zero-order valence-corrected chi connectivity index (χ0v) is 29.3. The second-order valence-corrected chi connectivity index (χ2v) is 14.8. The minimum atomic E-state index is -0.641. The fourth-order valence-corrected chi connectivity index (χ4v) is 4.81. The van der Waals surface area contributed by atoms with E-state index >= 15 is 0 Å². The number of benzene rings is 1. The summed E-state index contributed by atoms with van der Waals surface area (Å²) in [5, 5.41) is 0. The molecule has 0 spiro atoms. The molecule has 0 unspecified atom stereocenters. The summed E-state index contributed by atoms with van der Waals surface area (Å²) in [6.45, 7) is 20.2. The molecule has 1 aromatic carbocycles. The van der Waals surface area contributed by atoms with Crippen LogP contribution in [0.3, 0.4) is 0 Å². The maximum atomic E-state index is 13.5. The van der Waals surface area contributed by atoms with Gasteiger partial charge in [-0.15, -0.1) is 0 Å². The molecule has 0 amide bonds. The summed E-state index contributed by atoms with van der Waals surface area (Å²) in [6.07, 6.45) is 0. The van der Waals surface area contributed by atoms with E-state index in [2.05, 4.69) is 0 Å². The molecule has 0 radical (unpaired) electrons. The minimum Gasteiger partial charge on any atom is -0.459 e. The quantitative estimate of drug-likeness (QED) is 0.223. The molecule has 1 aromatic rings. The Morgan fingerprint density at radius 3 is 1.04 bits per heavy atom. The van der Waals surface area contributed by atoms with Crippen molar-refractivity contribution in [3.05, 3.63) is 35.6 Å². The summed E-state index contributed by atoms with van der Waals surface area (Å²) in [5.41, 5.74) is -1.51. The van der Waals surface area contributed by atoms with Gasteiger partial charge < -0.3 is 14.2 Å². The van der Waals surface area contributed by atoms with Crippen molar-refractivity contribution in [2.75, 3.05) is 78.5 Å². The van der Waals surface area contributed by atoms with E-state index in [0.29, 0.717) is 57.9 Å². The first-order valence-corrected chi connectivity index (χ1v) is 16.0. The largest absolute Gasteiger partial charge is 0.459 e. The second kappa shape index (κ2) is 17.3. The lowest BCUT2D eigenvalue weighted by molar-refractivity contribution is -0.158. The first-order valence-electron chi connectivity index (χ1n) is 16.0. The zero-order chi connectivity index (χ0) is 34.7. The third kappa shape index (κ3) is 17.1. The monoisotopic (exact) mass is 650 g/mol. The molecule has 1 aliphatic heterocycles. The average Bonchev–Trinajstić information content (AvgIpc) is 2.87. The first-order chi connectivity index (χ1) is 21.2. The lowest BCUT2D eigenvalue weighted by Crippen LogP contribution is -2.50. The van der Waals surface area contributed by atoms with Gasteiger partial charge in [-0.2, -0.15) is 0 Å². The van der Waals surface area contributed by atoms with Gasteiger partial charge >= 0.3 is 17.9 Å². The van der Waals surface area contributed by atoms with E-state index in [4.69, 9.17) is 14.2 Å². The Morgan fingerprint density at radius 1 is 0.522 bits per heavy atom. The van der Waals surface area contributed by atoms with Gasteiger partial charge in [-0.1, -0.05) is 0 Å². The van der Waals surface area contributed by atoms with Gasteiger partial charge in [-0.05, 0) is 86.6 Å². The number of ketones is 1. The predicted molar refractivity (Wildman–Crippen MR) is 174 cm³/mol. The minimum absolute atomic E-state index is 0.0437. The van der Waals surface area contributed by atoms with Crippen LogP contribution in [0.2, 0.25) is 0 Å². The van der Waals surface area contributed by atoms with E-state index in [1.807, 2.05) is 81.9 Å². The Hall–Kier alpha value is -2.93. The normalized spacial score (nSPS) is 17.4. The van der Waals surface area contributed by atoms with Crippen LogP contribution in [0.25, 0.3) is 0 Å². The lowest BCUT2D eigenvalue weighted by Gasteiger charge is -2.34. The number of hydrogen-bond donors (Lipinski definition) is 0. The third-order valence-corrected chi connectivity index (χ3v) is 6.78. The van der Waals surface area contributed by atoms with Crippen LogP contribution in [0.15, 0.2) is 24.3 Å². The number of Topliss-reactive ketones (excluding diaryl/α,β-unsaturated/α-hetero) is 1. The van der Waals surface area contributed by atoms with Crippen molar-refractivity contribution in [3.63, 3.8) is 0 Å². The molecule has 11 nitrogen and oxygen atoms in total. The van der Waals surface area contributed by atoms with Crippen molar-refractivity contribution in [1.82, 2.24) is 19.6 Å². The Balaban J connectivity index is 2.31. The van der Waals surface area contributed by atoms with Crippen molar-refractivity contribution < 1.29 is 37.8 Å². The zero-order valence-electron chi connectivity index (χ0n) is 29.3. The molecular formula is C34H55FN4O7. The van der Waals surface area contributed by atoms with Gasteiger partial charge in [0.2, 0.25) is 0 Å². The van der Waals surface area contributed by atoms with Gasteiger partial charge in [-0.3, -0.25) is 38.8 Å². The molecule has 0 saturated carbocycles. The number of carbonyl (C=O) groups is 4. The molecule has 1 heterocycles. The van der Waals surface area contributed by atoms with E-state index in [9.17, 15) is 23.6 Å². The maximum absolute atomic E-state index is 13.5. The Labute approximate surface area is 274 Å². The van der Waals surface area contributed by atoms with E-state index in [0.717, 1.165) is 0 Å². The van der Waals surface area contributed by atoms with Gasteiger partial charge in [-0.25, -0.2) is 4.39 Å². The Morgan fingerprint density at radius 2 is 0.783 bits per heavy atom. The van der Waals surface area contributed by atoms with E-state index in [1.165, 1.54) is 24.3 Å². The van der Waals surface area contributed by atoms with Crippen LogP contribution in [-0.4, -0.2) is 139 Å². The molecule has 1 fully saturated rings. The van der Waals surface area contributed by atoms with E-state index in [1.54, 1.807) is 0 Å². The molecule has 0 atom stereocenters. The highest BCUT2D eigenvalue weighted by atomic mass is 19.1. The van der Waals surface area contributed by atoms with Crippen molar-refractivity contribution in [2.24, 2.45) is 0 Å². The molecular weight excluding hydrogens is 595 g/mol. The molecule has 0 N–H and O–H groups in total. The summed E-state index contributed by atoms with van der Waals surface area (Å²) in [6, 6.07) is 5.46. The standard InChI is InChI=1S/C34H55FN4O7/c1-32(2,3)44-29(41)23-37-16-14-36(22-28(40)26-10-12-27(35)13-11-26)15-17-38(24-30(42)45-33(4,5)6)19-21-39(20-18-37)25-31(43)46-34(7,8)9/h10-13H,14-25H2,1-9H3. The lowest BCUT2D eigenvalue weighted by atomic mass is 10.1. The smallest absolute Gasteiger partial charge is 0.320 e. The molecule has 1 saturated heterocycles. The summed E-state index contributed by atoms with van der Waals surface area (Å²) in [4.78, 5) is 59.5. The SMILES string of the molecule is CC(C)(C)OC(=O)CN1CCN(CC(=O)OC(C)(C)C)CCN(CC(=O)c2ccc(F)cc2)CCN(CC(=O)OC(C)(C)C)CC1. The van der Waals surface area contributed by atoms with Crippen molar-refractivity contribution in [3.8, 4) is 0 Å². The highest BCUT2D eigenvalue weighted by Gasteiger charge is 2.26. The van der Waals surface area contributed by atoms with Gasteiger partial charge in [0.15, 0.2) is 5.78 Å². The molecule has 0 aliphatic carbocycles. The number of rotatable bonds is 9. The van der Waals surface area contributed by atoms with Crippen molar-refractivity contribution in [1.29, 1.82) is 0 Å². The van der Waals surface area contributed by atoms with Crippen LogP contribution in [0.1, 0.15) is 72.7 Å². The number of esters is 3. The first kappa shape index (κ1) is 39.2. The highest BCUT2D eigenvalue weighted by Crippen LogP contribution is 2.12. The predicted octanol–water partition coefficient (Wildman–Crippen LogP) is 3.26. The number of ether oxygens (including phenoxy) is 3. The molecule has 0 aromatic heterocycles. The van der Waals surface area contributed by atoms with Gasteiger partial charge in [0.1, 0.15) is 22.6 Å². The maximum Gasteiger partial charge on any atom is 0.320 e. The fourth-order valence-electron chi connectivity index (χ4n) is 4.81. The van der Waals surface area contributed by atoms with Crippen LogP contribution in [0, 0.1) is 5.82 Å². The molecule has 1 aliphatic rings. The van der Waals surface area contributed by atoms with Crippen LogP contribution < -0.4 is 0 Å². The number of hydrogen-bond acceptors (Lipinski definition) is 11. The average molecular weight is 651 g/mol. The molecule has 2 rings (SSSR count). The van der Waals surface area contributed by atoms with Gasteiger partial charge in [0.05, 0.1) is 26.2 Å². The topological polar surface area (TPSA) is 109 Å². The van der Waals surface area contributed by atoms with Crippen LogP contribution >= 0.6 is 0 Å². The molecule has 12 heteroatoms. The van der Waals surface area contributed by atoms with Crippen LogP contribution in [0.5, 0.6) is 0 Å². The Bertz CT molecular complexity index is 1110. The van der Waals surface area contributed by atoms with E-state index in [-0.39, 0.29) is 49.9 Å². The number of carbonyl (C=O) groups excluding carboxylic acids is 4. The molecule has 0 bridgehead atoms. The molecule has 46 heavy (non-hydrogen) atoms. The van der Waals surface area contributed by atoms with Crippen molar-refractivity contribution in [2.45, 2.75) is 79.1 Å². The number of nitrogens with zero attached hydrogens (tertiary/aromatic N) is 4. The van der Waals surface area contributed by atoms with E-state index < -0.39 is 22.6 Å². The van der Waals surface area contributed by atoms with Crippen LogP contribution in [-0.2, 0) is 28.6 Å². The summed E-state index contributed by atoms with van der Waals surface area (Å²) in [5.74, 6) is -1.67. The number of halogens is 1. The highest BCUT2D eigenvalue weighted by molar-refractivity contribution is 5.97. The summed E-state index contributed by atoms with van der Waals surface area (Å²) < 4.78 is 30.3. The second-order valence-electron chi connectivity index (χ2n) is 14.8. The summed E-state index contributed by atoms with van der Waals surface area (Å²) >= 11 is 0. The molecule has 260 valence electrons. The van der Waals surface area contributed by atoms with Crippen molar-refractivity contribution >= 4 is 23.7 Å². The fraction of sp³-hybridized carbons (Fsp3) is 0.706. The van der Waals surface area contributed by atoms with Gasteiger partial charge in [0, 0.05) is 57.9 Å². The van der Waals surface area contributed by atoms with Crippen LogP contribution in [0.4, 0.5) is 4.39 Å². The Kier molecular flexibility index (Phi) is 14.7. The third-order valence-electron chi connectivity index (χ3n) is 6.78. The summed E-state index contributed by atoms with van der Waals surface area (Å²) in [7, 11) is 0.